The van der Waals surface area contributed by atoms with Crippen LogP contribution >= 0.6 is 0 Å². The minimum absolute atomic E-state index is 0.00639. The van der Waals surface area contributed by atoms with Crippen LogP contribution in [0.4, 0.5) is 51.4 Å². The predicted octanol–water partition coefficient (Wildman–Crippen LogP) is 18.6. The van der Waals surface area contributed by atoms with Crippen molar-refractivity contribution in [1.29, 1.82) is 0 Å². The van der Waals surface area contributed by atoms with Gasteiger partial charge in [0.25, 0.3) is 6.71 Å². The van der Waals surface area contributed by atoms with Gasteiger partial charge < -0.3 is 14.2 Å². The number of anilines is 9. The van der Waals surface area contributed by atoms with Crippen molar-refractivity contribution in [2.24, 2.45) is 0 Å². The van der Waals surface area contributed by atoms with Gasteiger partial charge in [0, 0.05) is 45.0 Å². The third-order valence-electron chi connectivity index (χ3n) is 20.3. The Morgan fingerprint density at radius 2 is 0.923 bits per heavy atom. The van der Waals surface area contributed by atoms with Crippen molar-refractivity contribution in [3.8, 4) is 0 Å². The fraction of sp³-hybridized carbons (Fsp3) is 0.397. The molecule has 0 saturated heterocycles. The van der Waals surface area contributed by atoms with Gasteiger partial charge in [-0.3, -0.25) is 4.90 Å². The largest absolute Gasteiger partial charge is 0.440 e. The van der Waals surface area contributed by atoms with E-state index in [1.54, 1.807) is 0 Å². The highest BCUT2D eigenvalue weighted by Gasteiger charge is 2.50. The van der Waals surface area contributed by atoms with Gasteiger partial charge in [0.2, 0.25) is 5.88 Å². The Hall–Kier alpha value is -6.46. The van der Waals surface area contributed by atoms with Crippen LogP contribution in [0.1, 0.15) is 187 Å². The van der Waals surface area contributed by atoms with Crippen LogP contribution in [0.15, 0.2) is 138 Å². The minimum atomic E-state index is -0.129. The number of hydrogen-bond donors (Lipinski definition) is 0. The quantitative estimate of drug-likeness (QED) is 0.160. The van der Waals surface area contributed by atoms with Crippen LogP contribution in [0.2, 0.25) is 0 Å². The van der Waals surface area contributed by atoms with Gasteiger partial charge in [0.1, 0.15) is 5.58 Å². The molecule has 0 saturated carbocycles. The molecule has 78 heavy (non-hydrogen) atoms. The standard InChI is InChI=1S/C73H82BN3O/c1-45-37-46(67(2,3)4)27-30-59(45)77-62-40-50(75(47-23-19-17-20-24-47)48-25-21-18-22-26-48)39-61-65(62)74(64-51-41-54-57(44-63(51)78-66(64)77)73(15,16)36-33-70(54,9)10)58-42-55-56(72(13,14)35-34-71(55,11)12)43-60(58)76(61)49-28-29-52-53(38-49)69(7,8)32-31-68(52,5)6/h17-30,37-44H,31-36H2,1-16H3. The summed E-state index contributed by atoms with van der Waals surface area (Å²) in [6, 6.07) is 52.2. The molecule has 8 aromatic rings. The second-order valence-corrected chi connectivity index (χ2v) is 29.5. The van der Waals surface area contributed by atoms with Crippen molar-refractivity contribution in [3.63, 3.8) is 0 Å². The first-order chi connectivity index (χ1) is 36.7. The first-order valence-electron chi connectivity index (χ1n) is 29.4. The highest BCUT2D eigenvalue weighted by Crippen LogP contribution is 2.56. The summed E-state index contributed by atoms with van der Waals surface area (Å²) in [6.45, 7) is 38.8. The van der Waals surface area contributed by atoms with Crippen LogP contribution in [-0.4, -0.2) is 6.71 Å². The molecule has 0 radical (unpaired) electrons. The van der Waals surface area contributed by atoms with E-state index in [1.165, 1.54) is 89.8 Å². The number of benzene rings is 7. The Kier molecular flexibility index (Phi) is 11.0. The molecule has 1 aromatic heterocycles. The fourth-order valence-electron chi connectivity index (χ4n) is 15.0. The Morgan fingerprint density at radius 1 is 0.436 bits per heavy atom. The van der Waals surface area contributed by atoms with Gasteiger partial charge >= 0.3 is 0 Å². The molecule has 0 bridgehead atoms. The molecule has 0 spiro atoms. The summed E-state index contributed by atoms with van der Waals surface area (Å²) in [7, 11) is 0. The lowest BCUT2D eigenvalue weighted by Crippen LogP contribution is -2.61. The number of para-hydroxylation sites is 2. The average Bonchev–Trinajstić information content (AvgIpc) is 2.25. The van der Waals surface area contributed by atoms with E-state index in [0.717, 1.165) is 72.0 Å². The van der Waals surface area contributed by atoms with Gasteiger partial charge in [-0.15, -0.1) is 0 Å². The summed E-state index contributed by atoms with van der Waals surface area (Å²) in [6.07, 6.45) is 6.89. The molecule has 0 atom stereocenters. The van der Waals surface area contributed by atoms with Crippen molar-refractivity contribution in [1.82, 2.24) is 0 Å². The van der Waals surface area contributed by atoms with Crippen LogP contribution < -0.4 is 31.1 Å². The van der Waals surface area contributed by atoms with E-state index in [2.05, 4.69) is 259 Å². The molecule has 3 heterocycles. The van der Waals surface area contributed by atoms with Crippen molar-refractivity contribution >= 4 is 85.5 Å². The second kappa shape index (κ2) is 16.8. The zero-order valence-corrected chi connectivity index (χ0v) is 49.8. The summed E-state index contributed by atoms with van der Waals surface area (Å²) >= 11 is 0. The van der Waals surface area contributed by atoms with E-state index in [0.29, 0.717) is 0 Å². The zero-order chi connectivity index (χ0) is 55.0. The van der Waals surface area contributed by atoms with Crippen molar-refractivity contribution in [2.75, 3.05) is 14.7 Å². The number of fused-ring (bicyclic) bond motifs is 9. The van der Waals surface area contributed by atoms with Crippen molar-refractivity contribution < 1.29 is 4.42 Å². The Labute approximate surface area is 467 Å². The van der Waals surface area contributed by atoms with Gasteiger partial charge in [-0.25, -0.2) is 0 Å². The van der Waals surface area contributed by atoms with Crippen LogP contribution in [-0.2, 0) is 37.9 Å². The van der Waals surface area contributed by atoms with Crippen LogP contribution in [0.3, 0.4) is 0 Å². The van der Waals surface area contributed by atoms with Crippen LogP contribution in [0.25, 0.3) is 11.0 Å². The Bertz CT molecular complexity index is 3730. The SMILES string of the molecule is Cc1cc(C(C)(C)C)ccc1N1c2cc(N(c3ccccc3)c3ccccc3)cc3c2B(c2cc4c(cc2N3c2ccc3c(c2)C(C)(C)CCC3(C)C)C(C)(C)CCC4(C)C)c2c1oc1cc3c(cc21)C(C)(C)CCC3(C)C. The molecule has 0 unspecified atom stereocenters. The molecule has 5 aliphatic rings. The van der Waals surface area contributed by atoms with Gasteiger partial charge in [-0.05, 0) is 212 Å². The summed E-state index contributed by atoms with van der Waals surface area (Å²) in [5.41, 5.74) is 25.7. The first kappa shape index (κ1) is 51.0. The van der Waals surface area contributed by atoms with E-state index in [9.17, 15) is 0 Å². The van der Waals surface area contributed by atoms with Crippen LogP contribution in [0.5, 0.6) is 0 Å². The number of nitrogens with zero attached hydrogens (tertiary/aromatic N) is 3. The second-order valence-electron chi connectivity index (χ2n) is 29.5. The molecule has 4 nitrogen and oxygen atoms in total. The van der Waals surface area contributed by atoms with E-state index >= 15 is 0 Å². The van der Waals surface area contributed by atoms with Gasteiger partial charge in [-0.2, -0.15) is 0 Å². The number of aryl methyl sites for hydroxylation is 1. The van der Waals surface area contributed by atoms with Gasteiger partial charge in [0.15, 0.2) is 0 Å². The molecular weight excluding hydrogens is 946 g/mol. The summed E-state index contributed by atoms with van der Waals surface area (Å²) in [4.78, 5) is 7.73. The van der Waals surface area contributed by atoms with E-state index in [-0.39, 0.29) is 44.6 Å². The number of furan rings is 1. The van der Waals surface area contributed by atoms with E-state index < -0.39 is 0 Å². The fourth-order valence-corrected chi connectivity index (χ4v) is 15.0. The maximum absolute atomic E-state index is 7.78. The predicted molar refractivity (Wildman–Crippen MR) is 334 cm³/mol. The maximum atomic E-state index is 7.78. The van der Waals surface area contributed by atoms with E-state index in [4.69, 9.17) is 4.42 Å². The molecule has 0 fully saturated rings. The molecule has 0 N–H and O–H groups in total. The summed E-state index contributed by atoms with van der Waals surface area (Å²) < 4.78 is 7.78. The average molecular weight is 1030 g/mol. The zero-order valence-electron chi connectivity index (χ0n) is 49.8. The third-order valence-corrected chi connectivity index (χ3v) is 20.3. The van der Waals surface area contributed by atoms with Crippen molar-refractivity contribution in [3.05, 3.63) is 178 Å². The highest BCUT2D eigenvalue weighted by molar-refractivity contribution is 7.01. The molecule has 13 rings (SSSR count). The first-order valence-corrected chi connectivity index (χ1v) is 29.4. The highest BCUT2D eigenvalue weighted by atomic mass is 16.4. The summed E-state index contributed by atoms with van der Waals surface area (Å²) in [5.74, 6) is 0.926. The third kappa shape index (κ3) is 7.66. The number of hydrogen-bond acceptors (Lipinski definition) is 4. The monoisotopic (exact) mass is 1030 g/mol. The molecule has 398 valence electrons. The van der Waals surface area contributed by atoms with Gasteiger partial charge in [-0.1, -0.05) is 165 Å². The van der Waals surface area contributed by atoms with Crippen molar-refractivity contribution in [2.45, 2.75) is 187 Å². The molecule has 2 aliphatic heterocycles. The summed E-state index contributed by atoms with van der Waals surface area (Å²) in [5, 5.41) is 1.24. The lowest BCUT2D eigenvalue weighted by Gasteiger charge is -2.47. The molecule has 7 aromatic carbocycles. The topological polar surface area (TPSA) is 22.9 Å². The lowest BCUT2D eigenvalue weighted by atomic mass is 9.33. The normalized spacial score (nSPS) is 19.5. The lowest BCUT2D eigenvalue weighted by molar-refractivity contribution is 0.332. The van der Waals surface area contributed by atoms with Gasteiger partial charge in [0.05, 0.1) is 11.4 Å². The Morgan fingerprint density at radius 3 is 1.46 bits per heavy atom. The van der Waals surface area contributed by atoms with Crippen LogP contribution in [0, 0.1) is 6.92 Å². The molecular formula is C73H82BN3O. The number of rotatable bonds is 5. The Balaban J connectivity index is 1.22. The van der Waals surface area contributed by atoms with E-state index in [1.807, 2.05) is 0 Å². The molecule has 3 aliphatic carbocycles. The molecule has 0 amide bonds. The molecule has 5 heteroatoms. The maximum Gasteiger partial charge on any atom is 0.257 e. The smallest absolute Gasteiger partial charge is 0.257 e. The minimum Gasteiger partial charge on any atom is -0.440 e.